The van der Waals surface area contributed by atoms with Crippen LogP contribution in [0, 0.1) is 11.3 Å². The molecule has 0 radical (unpaired) electrons. The average molecular weight is 240 g/mol. The van der Waals surface area contributed by atoms with Gasteiger partial charge in [0.05, 0.1) is 24.2 Å². The van der Waals surface area contributed by atoms with E-state index in [9.17, 15) is 0 Å². The Labute approximate surface area is 105 Å². The number of imidazole rings is 1. The molecule has 1 heterocycles. The SMILES string of the molecule is CCO/C=N/c1ccc(-n2ccnc2)cc1C#N. The molecule has 0 amide bonds. The third-order valence-corrected chi connectivity index (χ3v) is 2.34. The van der Waals surface area contributed by atoms with Crippen LogP contribution in [0.1, 0.15) is 12.5 Å². The maximum Gasteiger partial charge on any atom is 0.174 e. The van der Waals surface area contributed by atoms with E-state index in [0.29, 0.717) is 17.9 Å². The number of hydrogen-bond acceptors (Lipinski definition) is 4. The van der Waals surface area contributed by atoms with Crippen LogP contribution >= 0.6 is 0 Å². The predicted octanol–water partition coefficient (Wildman–Crippen LogP) is 2.44. The van der Waals surface area contributed by atoms with Gasteiger partial charge in [-0.2, -0.15) is 5.26 Å². The van der Waals surface area contributed by atoms with E-state index in [0.717, 1.165) is 5.69 Å². The summed E-state index contributed by atoms with van der Waals surface area (Å²) in [6.45, 7) is 2.43. The van der Waals surface area contributed by atoms with Crippen LogP contribution in [0.5, 0.6) is 0 Å². The molecule has 0 aliphatic rings. The van der Waals surface area contributed by atoms with E-state index in [1.165, 1.54) is 6.40 Å². The van der Waals surface area contributed by atoms with Gasteiger partial charge in [-0.25, -0.2) is 9.98 Å². The summed E-state index contributed by atoms with van der Waals surface area (Å²) < 4.78 is 6.85. The molecule has 0 saturated heterocycles. The highest BCUT2D eigenvalue weighted by molar-refractivity contribution is 5.64. The molecule has 2 rings (SSSR count). The van der Waals surface area contributed by atoms with Crippen LogP contribution in [0.3, 0.4) is 0 Å². The molecule has 1 aromatic heterocycles. The van der Waals surface area contributed by atoms with Crippen molar-refractivity contribution in [1.29, 1.82) is 5.26 Å². The fraction of sp³-hybridized carbons (Fsp3) is 0.154. The topological polar surface area (TPSA) is 63.2 Å². The van der Waals surface area contributed by atoms with E-state index >= 15 is 0 Å². The Hall–Kier alpha value is -2.61. The minimum Gasteiger partial charge on any atom is -0.483 e. The first-order valence-electron chi connectivity index (χ1n) is 5.51. The number of ether oxygens (including phenoxy) is 1. The van der Waals surface area contributed by atoms with Gasteiger partial charge in [-0.15, -0.1) is 0 Å². The molecule has 0 aliphatic carbocycles. The van der Waals surface area contributed by atoms with Crippen molar-refractivity contribution in [2.75, 3.05) is 6.61 Å². The van der Waals surface area contributed by atoms with Crippen LogP contribution in [-0.4, -0.2) is 22.6 Å². The van der Waals surface area contributed by atoms with Gasteiger partial charge < -0.3 is 9.30 Å². The Bertz CT molecular complexity index is 582. The lowest BCUT2D eigenvalue weighted by Gasteiger charge is -2.04. The number of rotatable bonds is 4. The van der Waals surface area contributed by atoms with Crippen molar-refractivity contribution in [2.45, 2.75) is 6.92 Å². The second-order valence-electron chi connectivity index (χ2n) is 3.47. The van der Waals surface area contributed by atoms with E-state index in [-0.39, 0.29) is 0 Å². The molecular formula is C13H12N4O. The standard InChI is InChI=1S/C13H12N4O/c1-2-18-10-16-13-4-3-12(7-11(13)8-14)17-6-5-15-9-17/h3-7,9-10H,2H2,1H3/b16-10+. The smallest absolute Gasteiger partial charge is 0.174 e. The first kappa shape index (κ1) is 11.9. The van der Waals surface area contributed by atoms with Crippen LogP contribution in [0.4, 0.5) is 5.69 Å². The number of aliphatic imine (C=N–C) groups is 1. The van der Waals surface area contributed by atoms with Gasteiger partial charge in [-0.1, -0.05) is 0 Å². The van der Waals surface area contributed by atoms with E-state index in [2.05, 4.69) is 16.0 Å². The van der Waals surface area contributed by atoms with Crippen molar-refractivity contribution < 1.29 is 4.74 Å². The summed E-state index contributed by atoms with van der Waals surface area (Å²) in [5.74, 6) is 0. The van der Waals surface area contributed by atoms with Crippen molar-refractivity contribution in [3.8, 4) is 11.8 Å². The van der Waals surface area contributed by atoms with Crippen molar-refractivity contribution >= 4 is 12.1 Å². The Morgan fingerprint density at radius 3 is 3.11 bits per heavy atom. The van der Waals surface area contributed by atoms with Crippen molar-refractivity contribution in [3.05, 3.63) is 42.5 Å². The third-order valence-electron chi connectivity index (χ3n) is 2.34. The molecule has 0 unspecified atom stereocenters. The highest BCUT2D eigenvalue weighted by Crippen LogP contribution is 2.21. The number of hydrogen-bond donors (Lipinski definition) is 0. The zero-order valence-electron chi connectivity index (χ0n) is 9.95. The lowest BCUT2D eigenvalue weighted by molar-refractivity contribution is 0.344. The highest BCUT2D eigenvalue weighted by Gasteiger charge is 2.03. The van der Waals surface area contributed by atoms with Crippen LogP contribution in [0.25, 0.3) is 5.69 Å². The van der Waals surface area contributed by atoms with Crippen molar-refractivity contribution in [2.24, 2.45) is 4.99 Å². The van der Waals surface area contributed by atoms with Gasteiger partial charge in [-0.05, 0) is 25.1 Å². The molecule has 0 spiro atoms. The molecule has 18 heavy (non-hydrogen) atoms. The summed E-state index contributed by atoms with van der Waals surface area (Å²) in [6.07, 6.45) is 6.54. The Balaban J connectivity index is 2.32. The summed E-state index contributed by atoms with van der Waals surface area (Å²) in [6, 6.07) is 7.54. The van der Waals surface area contributed by atoms with Gasteiger partial charge in [0.1, 0.15) is 6.07 Å². The van der Waals surface area contributed by atoms with Gasteiger partial charge >= 0.3 is 0 Å². The van der Waals surface area contributed by atoms with Crippen LogP contribution in [0.2, 0.25) is 0 Å². The summed E-state index contributed by atoms with van der Waals surface area (Å²) in [7, 11) is 0. The van der Waals surface area contributed by atoms with Gasteiger partial charge in [-0.3, -0.25) is 0 Å². The number of nitriles is 1. The molecule has 1 aromatic carbocycles. The molecule has 5 heteroatoms. The van der Waals surface area contributed by atoms with Crippen LogP contribution < -0.4 is 0 Å². The van der Waals surface area contributed by atoms with Gasteiger partial charge in [0.15, 0.2) is 6.40 Å². The van der Waals surface area contributed by atoms with Crippen molar-refractivity contribution in [1.82, 2.24) is 9.55 Å². The zero-order chi connectivity index (χ0) is 12.8. The van der Waals surface area contributed by atoms with E-state index < -0.39 is 0 Å². The third kappa shape index (κ3) is 2.55. The molecule has 0 saturated carbocycles. The highest BCUT2D eigenvalue weighted by atomic mass is 16.5. The van der Waals surface area contributed by atoms with Gasteiger partial charge in [0.25, 0.3) is 0 Å². The molecule has 0 fully saturated rings. The lowest BCUT2D eigenvalue weighted by atomic mass is 10.2. The van der Waals surface area contributed by atoms with E-state index in [1.807, 2.05) is 23.8 Å². The zero-order valence-corrected chi connectivity index (χ0v) is 9.95. The Kier molecular flexibility index (Phi) is 3.72. The molecule has 0 aliphatic heterocycles. The fourth-order valence-electron chi connectivity index (χ4n) is 1.47. The second-order valence-corrected chi connectivity index (χ2v) is 3.47. The Morgan fingerprint density at radius 2 is 2.44 bits per heavy atom. The first-order valence-corrected chi connectivity index (χ1v) is 5.51. The van der Waals surface area contributed by atoms with E-state index in [1.54, 1.807) is 24.7 Å². The fourth-order valence-corrected chi connectivity index (χ4v) is 1.47. The summed E-state index contributed by atoms with van der Waals surface area (Å²) in [5.41, 5.74) is 1.96. The largest absolute Gasteiger partial charge is 0.483 e. The van der Waals surface area contributed by atoms with E-state index in [4.69, 9.17) is 10.00 Å². The lowest BCUT2D eigenvalue weighted by Crippen LogP contribution is -1.91. The summed E-state index contributed by atoms with van der Waals surface area (Å²) in [4.78, 5) is 8.06. The molecule has 0 atom stereocenters. The maximum atomic E-state index is 9.11. The maximum absolute atomic E-state index is 9.11. The molecule has 90 valence electrons. The molecule has 0 N–H and O–H groups in total. The Morgan fingerprint density at radius 1 is 1.56 bits per heavy atom. The summed E-state index contributed by atoms with van der Waals surface area (Å²) in [5, 5.41) is 9.11. The van der Waals surface area contributed by atoms with Crippen molar-refractivity contribution in [3.63, 3.8) is 0 Å². The van der Waals surface area contributed by atoms with Gasteiger partial charge in [0, 0.05) is 18.1 Å². The summed E-state index contributed by atoms with van der Waals surface area (Å²) >= 11 is 0. The number of nitrogens with zero attached hydrogens (tertiary/aromatic N) is 4. The monoisotopic (exact) mass is 240 g/mol. The predicted molar refractivity (Wildman–Crippen MR) is 68.1 cm³/mol. The second kappa shape index (κ2) is 5.64. The minimum atomic E-state index is 0.497. The number of benzene rings is 1. The first-order chi connectivity index (χ1) is 8.85. The molecular weight excluding hydrogens is 228 g/mol. The minimum absolute atomic E-state index is 0.497. The van der Waals surface area contributed by atoms with Crippen LogP contribution in [-0.2, 0) is 4.74 Å². The van der Waals surface area contributed by atoms with Crippen LogP contribution in [0.15, 0.2) is 41.9 Å². The molecule has 2 aromatic rings. The molecule has 0 bridgehead atoms. The average Bonchev–Trinajstić information content (AvgIpc) is 2.93. The van der Waals surface area contributed by atoms with Gasteiger partial charge in [0.2, 0.25) is 0 Å². The normalized spacial score (nSPS) is 10.4. The number of aromatic nitrogens is 2. The quantitative estimate of drug-likeness (QED) is 0.609. The molecule has 5 nitrogen and oxygen atoms in total.